The van der Waals surface area contributed by atoms with Crippen molar-refractivity contribution in [3.05, 3.63) is 65.5 Å². The number of aromatic nitrogens is 2. The molecule has 148 valence electrons. The van der Waals surface area contributed by atoms with Crippen molar-refractivity contribution in [2.45, 2.75) is 43.6 Å². The molecule has 29 heavy (non-hydrogen) atoms. The van der Waals surface area contributed by atoms with E-state index in [9.17, 15) is 18.8 Å². The molecule has 0 bridgehead atoms. The van der Waals surface area contributed by atoms with Crippen LogP contribution in [0.1, 0.15) is 49.3 Å². The number of fused-ring (bicyclic) bond motifs is 1. The highest BCUT2D eigenvalue weighted by Gasteiger charge is 2.39. The second-order valence-corrected chi connectivity index (χ2v) is 7.69. The molecule has 1 saturated carbocycles. The Bertz CT molecular complexity index is 1130. The number of amides is 1. The number of halogens is 2. The molecule has 2 atom stereocenters. The molecule has 1 aliphatic rings. The van der Waals surface area contributed by atoms with E-state index in [4.69, 9.17) is 5.73 Å². The van der Waals surface area contributed by atoms with E-state index in [0.29, 0.717) is 0 Å². The highest BCUT2D eigenvalue weighted by atomic mass is 19.2. The number of hydrogen-bond donors (Lipinski definition) is 1. The molecule has 2 unspecified atom stereocenters. The van der Waals surface area contributed by atoms with Crippen molar-refractivity contribution < 1.29 is 13.6 Å². The maximum Gasteiger partial charge on any atom is 0.241 e. The van der Waals surface area contributed by atoms with E-state index >= 15 is 0 Å². The van der Waals surface area contributed by atoms with Crippen LogP contribution < -0.4 is 5.73 Å². The van der Waals surface area contributed by atoms with Gasteiger partial charge in [-0.25, -0.2) is 13.8 Å². The number of nitrogens with two attached hydrogens (primary N) is 1. The smallest absolute Gasteiger partial charge is 0.241 e. The predicted octanol–water partition coefficient (Wildman–Crippen LogP) is 4.09. The fourth-order valence-corrected chi connectivity index (χ4v) is 4.18. The maximum absolute atomic E-state index is 14.4. The van der Waals surface area contributed by atoms with Gasteiger partial charge < -0.3 is 10.3 Å². The molecule has 0 aliphatic heterocycles. The number of imidazole rings is 1. The van der Waals surface area contributed by atoms with E-state index in [2.05, 4.69) is 11.1 Å². The Morgan fingerprint density at radius 3 is 2.48 bits per heavy atom. The summed E-state index contributed by atoms with van der Waals surface area (Å²) in [6.45, 7) is 1.80. The summed E-state index contributed by atoms with van der Waals surface area (Å²) in [5.74, 6) is -3.16. The number of nitrogens with zero attached hydrogens (tertiary/aromatic N) is 3. The monoisotopic (exact) mass is 394 g/mol. The molecule has 2 N–H and O–H groups in total. The zero-order valence-corrected chi connectivity index (χ0v) is 15.9. The Balaban J connectivity index is 1.73. The van der Waals surface area contributed by atoms with Gasteiger partial charge in [0, 0.05) is 5.92 Å². The molecule has 1 amide bonds. The Labute approximate surface area is 166 Å². The third kappa shape index (κ3) is 2.96. The van der Waals surface area contributed by atoms with Crippen molar-refractivity contribution in [1.29, 1.82) is 5.26 Å². The molecule has 7 heteroatoms. The Kier molecular flexibility index (Phi) is 4.58. The molecule has 1 heterocycles. The molecular formula is C22H20F2N4O. The van der Waals surface area contributed by atoms with E-state index in [1.807, 2.05) is 24.3 Å². The maximum atomic E-state index is 14.4. The predicted molar refractivity (Wildman–Crippen MR) is 104 cm³/mol. The van der Waals surface area contributed by atoms with Gasteiger partial charge in [0.2, 0.25) is 5.91 Å². The molecule has 0 spiro atoms. The van der Waals surface area contributed by atoms with E-state index in [-0.39, 0.29) is 11.0 Å². The summed E-state index contributed by atoms with van der Waals surface area (Å²) in [7, 11) is 0. The summed E-state index contributed by atoms with van der Waals surface area (Å²) in [5.41, 5.74) is 7.15. The molecule has 1 fully saturated rings. The quantitative estimate of drug-likeness (QED) is 0.707. The van der Waals surface area contributed by atoms with Crippen molar-refractivity contribution in [1.82, 2.24) is 9.55 Å². The summed E-state index contributed by atoms with van der Waals surface area (Å²) in [6.07, 6.45) is 4.03. The van der Waals surface area contributed by atoms with Crippen LogP contribution in [0.5, 0.6) is 0 Å². The van der Waals surface area contributed by atoms with Gasteiger partial charge in [0.05, 0.1) is 23.3 Å². The Morgan fingerprint density at radius 1 is 1.24 bits per heavy atom. The first-order valence-corrected chi connectivity index (χ1v) is 9.49. The number of nitriles is 1. The first-order chi connectivity index (χ1) is 13.9. The van der Waals surface area contributed by atoms with Crippen LogP contribution in [0.3, 0.4) is 0 Å². The van der Waals surface area contributed by atoms with Gasteiger partial charge in [-0.05, 0) is 42.5 Å². The third-order valence-electron chi connectivity index (χ3n) is 6.10. The van der Waals surface area contributed by atoms with Crippen LogP contribution in [0.4, 0.5) is 8.78 Å². The minimum atomic E-state index is -1.06. The average Bonchev–Trinajstić information content (AvgIpc) is 3.09. The lowest BCUT2D eigenvalue weighted by Crippen LogP contribution is -2.32. The molecule has 0 radical (unpaired) electrons. The van der Waals surface area contributed by atoms with E-state index in [1.165, 1.54) is 17.0 Å². The van der Waals surface area contributed by atoms with E-state index in [1.54, 1.807) is 6.92 Å². The molecule has 5 nitrogen and oxygen atoms in total. The molecule has 4 rings (SSSR count). The zero-order chi connectivity index (χ0) is 20.8. The SMILES string of the molecule is CC(c1ccc(C2(C#N)CCC2)cc1)C(C(N)=O)n1cnc2ccc(F)c(F)c21. The molecule has 1 aliphatic carbocycles. The van der Waals surface area contributed by atoms with Gasteiger partial charge in [0.25, 0.3) is 0 Å². The standard InChI is InChI=1S/C22H20F2N4O/c1-13(14-3-5-15(6-4-14)22(11-25)9-2-10-22)19(21(26)29)28-12-27-17-8-7-16(23)18(24)20(17)28/h3-8,12-13,19H,2,9-10H2,1H3,(H2,26,29). The summed E-state index contributed by atoms with van der Waals surface area (Å²) in [6, 6.07) is 11.4. The molecule has 1 aromatic heterocycles. The van der Waals surface area contributed by atoms with Crippen LogP contribution in [0, 0.1) is 23.0 Å². The van der Waals surface area contributed by atoms with Gasteiger partial charge in [-0.1, -0.05) is 31.2 Å². The minimum absolute atomic E-state index is 0.0878. The lowest BCUT2D eigenvalue weighted by molar-refractivity contribution is -0.121. The zero-order valence-electron chi connectivity index (χ0n) is 15.9. The summed E-state index contributed by atoms with van der Waals surface area (Å²) < 4.78 is 29.5. The number of carbonyl (C=O) groups excluding carboxylic acids is 1. The van der Waals surface area contributed by atoms with Crippen LogP contribution >= 0.6 is 0 Å². The molecule has 0 saturated heterocycles. The minimum Gasteiger partial charge on any atom is -0.368 e. The van der Waals surface area contributed by atoms with Gasteiger partial charge in [-0.2, -0.15) is 5.26 Å². The summed E-state index contributed by atoms with van der Waals surface area (Å²) >= 11 is 0. The van der Waals surface area contributed by atoms with Crippen LogP contribution in [0.2, 0.25) is 0 Å². The number of hydrogen-bond acceptors (Lipinski definition) is 3. The number of benzene rings is 2. The Morgan fingerprint density at radius 2 is 1.93 bits per heavy atom. The first-order valence-electron chi connectivity index (χ1n) is 9.49. The van der Waals surface area contributed by atoms with E-state index < -0.39 is 34.9 Å². The molecular weight excluding hydrogens is 374 g/mol. The lowest BCUT2D eigenvalue weighted by Gasteiger charge is -2.35. The van der Waals surface area contributed by atoms with Crippen molar-refractivity contribution in [2.75, 3.05) is 0 Å². The molecule has 3 aromatic rings. The fraction of sp³-hybridized carbons (Fsp3) is 0.318. The third-order valence-corrected chi connectivity index (χ3v) is 6.10. The van der Waals surface area contributed by atoms with Gasteiger partial charge in [0.1, 0.15) is 11.6 Å². The van der Waals surface area contributed by atoms with Gasteiger partial charge in [-0.15, -0.1) is 0 Å². The summed E-state index contributed by atoms with van der Waals surface area (Å²) in [4.78, 5) is 16.4. The Hall–Kier alpha value is -3.27. The normalized spacial score (nSPS) is 17.3. The lowest BCUT2D eigenvalue weighted by atomic mass is 9.65. The second kappa shape index (κ2) is 6.96. The van der Waals surface area contributed by atoms with Crippen molar-refractivity contribution in [2.24, 2.45) is 5.73 Å². The number of carbonyl (C=O) groups is 1. The number of rotatable bonds is 5. The van der Waals surface area contributed by atoms with Gasteiger partial charge in [0.15, 0.2) is 11.6 Å². The van der Waals surface area contributed by atoms with Gasteiger partial charge in [-0.3, -0.25) is 4.79 Å². The number of primary amides is 1. The highest BCUT2D eigenvalue weighted by Crippen LogP contribution is 2.43. The van der Waals surface area contributed by atoms with Crippen molar-refractivity contribution in [3.63, 3.8) is 0 Å². The van der Waals surface area contributed by atoms with E-state index in [0.717, 1.165) is 36.5 Å². The van der Waals surface area contributed by atoms with Crippen molar-refractivity contribution >= 4 is 16.9 Å². The summed E-state index contributed by atoms with van der Waals surface area (Å²) in [5, 5.41) is 9.52. The second-order valence-electron chi connectivity index (χ2n) is 7.69. The average molecular weight is 394 g/mol. The fourth-order valence-electron chi connectivity index (χ4n) is 4.18. The van der Waals surface area contributed by atoms with Crippen molar-refractivity contribution in [3.8, 4) is 6.07 Å². The first kappa shape index (κ1) is 19.1. The highest BCUT2D eigenvalue weighted by molar-refractivity contribution is 5.84. The molecule has 2 aromatic carbocycles. The topological polar surface area (TPSA) is 84.7 Å². The van der Waals surface area contributed by atoms with Crippen LogP contribution in [0.15, 0.2) is 42.7 Å². The van der Waals surface area contributed by atoms with Gasteiger partial charge >= 0.3 is 0 Å². The largest absolute Gasteiger partial charge is 0.368 e. The van der Waals surface area contributed by atoms with Crippen LogP contribution in [-0.4, -0.2) is 15.5 Å². The van der Waals surface area contributed by atoms with Crippen LogP contribution in [0.25, 0.3) is 11.0 Å². The van der Waals surface area contributed by atoms with Crippen LogP contribution in [-0.2, 0) is 10.2 Å².